The number of nitrogens with zero attached hydrogens (tertiary/aromatic N) is 2. The van der Waals surface area contributed by atoms with Crippen molar-refractivity contribution in [3.8, 4) is 0 Å². The lowest BCUT2D eigenvalue weighted by molar-refractivity contribution is 0.0294. The van der Waals surface area contributed by atoms with Crippen LogP contribution in [0, 0.1) is 5.92 Å². The van der Waals surface area contributed by atoms with Crippen LogP contribution in [0.1, 0.15) is 50.7 Å². The Labute approximate surface area is 128 Å². The molecule has 1 aliphatic carbocycles. The molecule has 2 aliphatic rings. The first-order valence-electron chi connectivity index (χ1n) is 8.27. The van der Waals surface area contributed by atoms with E-state index in [1.807, 2.05) is 0 Å². The van der Waals surface area contributed by atoms with Crippen LogP contribution < -0.4 is 5.73 Å². The van der Waals surface area contributed by atoms with E-state index < -0.39 is 0 Å². The number of likely N-dealkylation sites (N-methyl/N-ethyl adjacent to an activating group) is 1. The highest BCUT2D eigenvalue weighted by atomic mass is 16.3. The Hall–Kier alpha value is -0.840. The molecule has 1 saturated heterocycles. The summed E-state index contributed by atoms with van der Waals surface area (Å²) in [6.07, 6.45) is 1.27. The van der Waals surface area contributed by atoms with Crippen molar-refractivity contribution in [1.29, 1.82) is 0 Å². The molecule has 21 heavy (non-hydrogen) atoms. The Morgan fingerprint density at radius 2 is 1.86 bits per heavy atom. The van der Waals surface area contributed by atoms with Crippen molar-refractivity contribution in [2.24, 2.45) is 11.7 Å². The van der Waals surface area contributed by atoms with Crippen molar-refractivity contribution in [1.82, 2.24) is 9.80 Å². The summed E-state index contributed by atoms with van der Waals surface area (Å²) < 4.78 is 6.15. The predicted molar refractivity (Wildman–Crippen MR) is 85.3 cm³/mol. The van der Waals surface area contributed by atoms with Crippen LogP contribution in [0.2, 0.25) is 0 Å². The van der Waals surface area contributed by atoms with Gasteiger partial charge in [-0.15, -0.1) is 0 Å². The van der Waals surface area contributed by atoms with Gasteiger partial charge in [0.25, 0.3) is 0 Å². The summed E-state index contributed by atoms with van der Waals surface area (Å²) in [5.41, 5.74) is 6.07. The number of nitrogens with two attached hydrogens (primary N) is 1. The third-order valence-electron chi connectivity index (χ3n) is 5.50. The molecule has 2 fully saturated rings. The van der Waals surface area contributed by atoms with Crippen molar-refractivity contribution in [3.63, 3.8) is 0 Å². The van der Waals surface area contributed by atoms with Gasteiger partial charge in [-0.3, -0.25) is 9.80 Å². The number of hydrogen-bond acceptors (Lipinski definition) is 4. The van der Waals surface area contributed by atoms with Crippen LogP contribution in [0.4, 0.5) is 0 Å². The molecular formula is C17H29N3O. The Bertz CT molecular complexity index is 474. The second-order valence-electron chi connectivity index (χ2n) is 7.13. The summed E-state index contributed by atoms with van der Waals surface area (Å²) in [4.78, 5) is 4.94. The average molecular weight is 291 g/mol. The predicted octanol–water partition coefficient (Wildman–Crippen LogP) is 2.43. The molecule has 1 saturated carbocycles. The third kappa shape index (κ3) is 2.89. The molecule has 0 aromatic carbocycles. The lowest BCUT2D eigenvalue weighted by atomic mass is 10.1. The highest BCUT2D eigenvalue weighted by Gasteiger charge is 2.38. The first-order chi connectivity index (χ1) is 10.0. The van der Waals surface area contributed by atoms with Gasteiger partial charge in [0.2, 0.25) is 0 Å². The second kappa shape index (κ2) is 5.75. The zero-order chi connectivity index (χ0) is 15.1. The van der Waals surface area contributed by atoms with Gasteiger partial charge in [0, 0.05) is 37.6 Å². The number of piperazine rings is 1. The van der Waals surface area contributed by atoms with E-state index in [2.05, 4.69) is 49.8 Å². The van der Waals surface area contributed by atoms with Crippen molar-refractivity contribution >= 4 is 0 Å². The van der Waals surface area contributed by atoms with Crippen molar-refractivity contribution in [2.45, 2.75) is 51.2 Å². The molecule has 4 heteroatoms. The lowest BCUT2D eigenvalue weighted by Crippen LogP contribution is -2.56. The highest BCUT2D eigenvalue weighted by Crippen LogP contribution is 2.47. The second-order valence-corrected chi connectivity index (χ2v) is 7.13. The first kappa shape index (κ1) is 15.1. The molecule has 1 aromatic heterocycles. The quantitative estimate of drug-likeness (QED) is 0.925. The SMILES string of the molecule is CC1CC1c1ccc(C(CN)N2CC(C)N(C)C(C)C2)o1. The zero-order valence-corrected chi connectivity index (χ0v) is 13.7. The van der Waals surface area contributed by atoms with Gasteiger partial charge in [0.05, 0.1) is 6.04 Å². The minimum Gasteiger partial charge on any atom is -0.464 e. The Morgan fingerprint density at radius 3 is 2.38 bits per heavy atom. The van der Waals surface area contributed by atoms with E-state index in [1.165, 1.54) is 6.42 Å². The van der Waals surface area contributed by atoms with Crippen LogP contribution in [0.5, 0.6) is 0 Å². The molecule has 2 N–H and O–H groups in total. The smallest absolute Gasteiger partial charge is 0.122 e. The van der Waals surface area contributed by atoms with Gasteiger partial charge in [0.1, 0.15) is 11.5 Å². The topological polar surface area (TPSA) is 45.6 Å². The van der Waals surface area contributed by atoms with Crippen molar-refractivity contribution in [2.75, 3.05) is 26.7 Å². The molecule has 0 spiro atoms. The van der Waals surface area contributed by atoms with E-state index in [-0.39, 0.29) is 6.04 Å². The highest BCUT2D eigenvalue weighted by molar-refractivity contribution is 5.19. The van der Waals surface area contributed by atoms with Crippen LogP contribution in [0.25, 0.3) is 0 Å². The average Bonchev–Trinajstić information content (AvgIpc) is 2.99. The summed E-state index contributed by atoms with van der Waals surface area (Å²) in [7, 11) is 2.21. The Balaban J connectivity index is 1.74. The molecule has 4 nitrogen and oxygen atoms in total. The van der Waals surface area contributed by atoms with Crippen LogP contribution >= 0.6 is 0 Å². The Kier molecular flexibility index (Phi) is 4.12. The molecule has 118 valence electrons. The molecule has 2 heterocycles. The van der Waals surface area contributed by atoms with E-state index in [9.17, 15) is 0 Å². The molecule has 0 radical (unpaired) electrons. The number of furan rings is 1. The number of hydrogen-bond donors (Lipinski definition) is 1. The largest absolute Gasteiger partial charge is 0.464 e. The number of rotatable bonds is 4. The molecule has 5 unspecified atom stereocenters. The molecular weight excluding hydrogens is 262 g/mol. The van der Waals surface area contributed by atoms with Crippen molar-refractivity contribution in [3.05, 3.63) is 23.7 Å². The van der Waals surface area contributed by atoms with Gasteiger partial charge < -0.3 is 10.2 Å². The van der Waals surface area contributed by atoms with Crippen LogP contribution in [-0.2, 0) is 0 Å². The summed E-state index contributed by atoms with van der Waals surface area (Å²) in [5, 5.41) is 0. The minimum atomic E-state index is 0.214. The van der Waals surface area contributed by atoms with E-state index in [4.69, 9.17) is 10.2 Å². The maximum absolute atomic E-state index is 6.15. The monoisotopic (exact) mass is 291 g/mol. The summed E-state index contributed by atoms with van der Waals surface area (Å²) >= 11 is 0. The third-order valence-corrected chi connectivity index (χ3v) is 5.50. The van der Waals surface area contributed by atoms with Gasteiger partial charge in [-0.25, -0.2) is 0 Å². The van der Waals surface area contributed by atoms with Crippen LogP contribution in [0.15, 0.2) is 16.5 Å². The fourth-order valence-electron chi connectivity index (χ4n) is 3.61. The molecule has 0 amide bonds. The van der Waals surface area contributed by atoms with Gasteiger partial charge >= 0.3 is 0 Å². The first-order valence-corrected chi connectivity index (χ1v) is 8.27. The standard InChI is InChI=1S/C17H29N3O/c1-11-7-14(11)16-5-6-17(21-16)15(8-18)20-9-12(2)19(4)13(3)10-20/h5-6,11-15H,7-10,18H2,1-4H3. The molecule has 3 rings (SSSR count). The fourth-order valence-corrected chi connectivity index (χ4v) is 3.61. The van der Waals surface area contributed by atoms with E-state index in [0.717, 1.165) is 30.5 Å². The summed E-state index contributed by atoms with van der Waals surface area (Å²) in [6.45, 7) is 9.59. The fraction of sp³-hybridized carbons (Fsp3) is 0.765. The molecule has 5 atom stereocenters. The van der Waals surface area contributed by atoms with Crippen LogP contribution in [0.3, 0.4) is 0 Å². The normalized spacial score (nSPS) is 35.9. The maximum Gasteiger partial charge on any atom is 0.122 e. The summed E-state index contributed by atoms with van der Waals surface area (Å²) in [6, 6.07) is 5.63. The van der Waals surface area contributed by atoms with Gasteiger partial charge in [-0.05, 0) is 45.4 Å². The van der Waals surface area contributed by atoms with Gasteiger partial charge in [-0.1, -0.05) is 6.92 Å². The summed E-state index contributed by atoms with van der Waals surface area (Å²) in [5.74, 6) is 3.63. The minimum absolute atomic E-state index is 0.214. The Morgan fingerprint density at radius 1 is 1.24 bits per heavy atom. The van der Waals surface area contributed by atoms with E-state index in [0.29, 0.717) is 24.5 Å². The molecule has 1 aromatic rings. The maximum atomic E-state index is 6.15. The zero-order valence-electron chi connectivity index (χ0n) is 13.7. The lowest BCUT2D eigenvalue weighted by Gasteiger charge is -2.44. The van der Waals surface area contributed by atoms with Crippen molar-refractivity contribution < 1.29 is 4.42 Å². The molecule has 1 aliphatic heterocycles. The van der Waals surface area contributed by atoms with Gasteiger partial charge in [-0.2, -0.15) is 0 Å². The van der Waals surface area contributed by atoms with E-state index in [1.54, 1.807) is 0 Å². The molecule has 0 bridgehead atoms. The van der Waals surface area contributed by atoms with Crippen LogP contribution in [-0.4, -0.2) is 48.6 Å². The van der Waals surface area contributed by atoms with Gasteiger partial charge in [0.15, 0.2) is 0 Å². The van der Waals surface area contributed by atoms with E-state index >= 15 is 0 Å².